The smallest absolute Gasteiger partial charge is 0.119 e. The average Bonchev–Trinajstić information content (AvgIpc) is 3.21. The fourth-order valence-electron chi connectivity index (χ4n) is 3.57. The number of methoxy groups -OCH3 is 1. The second kappa shape index (κ2) is 6.26. The lowest BCUT2D eigenvalue weighted by atomic mass is 10.0. The minimum atomic E-state index is -0.294. The standard InChI is InChI=1S/C19H21N3O2/c1-24-17-4-2-3-14(8-17)19-9-16(23)12-22(19)11-13-5-6-15-10-20-21-18(15)7-13/h2-8,10,16,19,23H,9,11-12H2,1H3,(H,20,21). The minimum absolute atomic E-state index is 0.201. The van der Waals surface area contributed by atoms with E-state index in [0.717, 1.165) is 29.6 Å². The summed E-state index contributed by atoms with van der Waals surface area (Å²) in [6.07, 6.45) is 2.29. The number of aliphatic hydroxyl groups is 1. The topological polar surface area (TPSA) is 61.4 Å². The van der Waals surface area contributed by atoms with Crippen LogP contribution >= 0.6 is 0 Å². The monoisotopic (exact) mass is 323 g/mol. The fourth-order valence-corrected chi connectivity index (χ4v) is 3.57. The van der Waals surface area contributed by atoms with Gasteiger partial charge in [-0.15, -0.1) is 0 Å². The maximum Gasteiger partial charge on any atom is 0.119 e. The van der Waals surface area contributed by atoms with E-state index < -0.39 is 0 Å². The van der Waals surface area contributed by atoms with Gasteiger partial charge in [0.15, 0.2) is 0 Å². The fraction of sp³-hybridized carbons (Fsp3) is 0.316. The molecule has 0 aliphatic carbocycles. The van der Waals surface area contributed by atoms with Gasteiger partial charge >= 0.3 is 0 Å². The summed E-state index contributed by atoms with van der Waals surface area (Å²) in [5, 5.41) is 18.4. The highest BCUT2D eigenvalue weighted by Crippen LogP contribution is 2.35. The van der Waals surface area contributed by atoms with Gasteiger partial charge in [-0.05, 0) is 35.7 Å². The van der Waals surface area contributed by atoms with Crippen LogP contribution in [-0.2, 0) is 6.54 Å². The minimum Gasteiger partial charge on any atom is -0.497 e. The Hall–Kier alpha value is -2.37. The Morgan fingerprint density at radius 1 is 1.29 bits per heavy atom. The highest BCUT2D eigenvalue weighted by atomic mass is 16.5. The third kappa shape index (κ3) is 2.88. The van der Waals surface area contributed by atoms with E-state index in [1.807, 2.05) is 18.3 Å². The van der Waals surface area contributed by atoms with Gasteiger partial charge in [0.25, 0.3) is 0 Å². The zero-order valence-corrected chi connectivity index (χ0v) is 13.6. The van der Waals surface area contributed by atoms with E-state index in [-0.39, 0.29) is 12.1 Å². The second-order valence-corrected chi connectivity index (χ2v) is 6.40. The predicted molar refractivity (Wildman–Crippen MR) is 92.9 cm³/mol. The summed E-state index contributed by atoms with van der Waals surface area (Å²) in [4.78, 5) is 2.33. The van der Waals surface area contributed by atoms with Gasteiger partial charge < -0.3 is 9.84 Å². The molecule has 0 spiro atoms. The predicted octanol–water partition coefficient (Wildman–Crippen LogP) is 2.88. The van der Waals surface area contributed by atoms with Crippen molar-refractivity contribution in [2.45, 2.75) is 25.1 Å². The summed E-state index contributed by atoms with van der Waals surface area (Å²) in [6, 6.07) is 14.7. The number of nitrogens with zero attached hydrogens (tertiary/aromatic N) is 2. The lowest BCUT2D eigenvalue weighted by molar-refractivity contribution is 0.172. The number of likely N-dealkylation sites (tertiary alicyclic amines) is 1. The molecule has 2 unspecified atom stereocenters. The van der Waals surface area contributed by atoms with Crippen LogP contribution in [0.3, 0.4) is 0 Å². The molecule has 0 bridgehead atoms. The number of rotatable bonds is 4. The molecule has 1 aromatic heterocycles. The summed E-state index contributed by atoms with van der Waals surface area (Å²) in [7, 11) is 1.68. The maximum absolute atomic E-state index is 10.2. The van der Waals surface area contributed by atoms with E-state index in [9.17, 15) is 5.11 Å². The van der Waals surface area contributed by atoms with E-state index in [2.05, 4.69) is 45.4 Å². The van der Waals surface area contributed by atoms with Crippen molar-refractivity contribution in [3.63, 3.8) is 0 Å². The number of β-amino-alcohol motifs (C(OH)–C–C–N with tert-alkyl or cyclic N) is 1. The van der Waals surface area contributed by atoms with Crippen molar-refractivity contribution in [2.75, 3.05) is 13.7 Å². The number of aromatic nitrogens is 2. The Bertz CT molecular complexity index is 845. The molecule has 0 saturated carbocycles. The molecule has 24 heavy (non-hydrogen) atoms. The first-order chi connectivity index (χ1) is 11.7. The number of hydrogen-bond donors (Lipinski definition) is 2. The first-order valence-corrected chi connectivity index (χ1v) is 8.21. The van der Waals surface area contributed by atoms with Crippen LogP contribution in [0.25, 0.3) is 10.9 Å². The number of aromatic amines is 1. The summed E-state index contributed by atoms with van der Waals surface area (Å²) in [5.74, 6) is 0.854. The number of benzene rings is 2. The van der Waals surface area contributed by atoms with Crippen molar-refractivity contribution >= 4 is 10.9 Å². The zero-order chi connectivity index (χ0) is 16.5. The van der Waals surface area contributed by atoms with Crippen molar-refractivity contribution in [2.24, 2.45) is 0 Å². The number of aliphatic hydroxyl groups excluding tert-OH is 1. The van der Waals surface area contributed by atoms with Crippen LogP contribution < -0.4 is 4.74 Å². The number of fused-ring (bicyclic) bond motifs is 1. The number of H-pyrrole nitrogens is 1. The Labute approximate surface area is 140 Å². The Morgan fingerprint density at radius 2 is 2.21 bits per heavy atom. The number of hydrogen-bond acceptors (Lipinski definition) is 4. The second-order valence-electron chi connectivity index (χ2n) is 6.40. The molecule has 1 saturated heterocycles. The quantitative estimate of drug-likeness (QED) is 0.775. The normalized spacial score (nSPS) is 21.4. The first kappa shape index (κ1) is 15.2. The summed E-state index contributed by atoms with van der Waals surface area (Å²) >= 11 is 0. The zero-order valence-electron chi connectivity index (χ0n) is 13.6. The molecule has 2 heterocycles. The van der Waals surface area contributed by atoms with E-state index in [1.54, 1.807) is 7.11 Å². The van der Waals surface area contributed by atoms with E-state index in [0.29, 0.717) is 6.54 Å². The highest BCUT2D eigenvalue weighted by Gasteiger charge is 2.32. The SMILES string of the molecule is COc1cccc(C2CC(O)CN2Cc2ccc3cn[nH]c3c2)c1. The van der Waals surface area contributed by atoms with Crippen LogP contribution in [0.5, 0.6) is 5.75 Å². The molecule has 2 aromatic carbocycles. The number of ether oxygens (including phenoxy) is 1. The summed E-state index contributed by atoms with van der Waals surface area (Å²) in [5.41, 5.74) is 3.45. The lowest BCUT2D eigenvalue weighted by Gasteiger charge is -2.25. The van der Waals surface area contributed by atoms with Crippen molar-refractivity contribution in [1.82, 2.24) is 15.1 Å². The summed E-state index contributed by atoms with van der Waals surface area (Å²) in [6.45, 7) is 1.48. The molecule has 5 nitrogen and oxygen atoms in total. The number of nitrogens with one attached hydrogen (secondary N) is 1. The van der Waals surface area contributed by atoms with Crippen LogP contribution in [0, 0.1) is 0 Å². The Kier molecular flexibility index (Phi) is 3.96. The van der Waals surface area contributed by atoms with Crippen LogP contribution in [-0.4, -0.2) is 40.0 Å². The molecule has 5 heteroatoms. The Balaban J connectivity index is 1.59. The van der Waals surface area contributed by atoms with Crippen molar-refractivity contribution in [3.8, 4) is 5.75 Å². The molecular weight excluding hydrogens is 302 g/mol. The van der Waals surface area contributed by atoms with E-state index in [1.165, 1.54) is 11.1 Å². The maximum atomic E-state index is 10.2. The molecular formula is C19H21N3O2. The molecule has 2 N–H and O–H groups in total. The Morgan fingerprint density at radius 3 is 3.08 bits per heavy atom. The van der Waals surface area contributed by atoms with Crippen molar-refractivity contribution in [3.05, 3.63) is 59.8 Å². The van der Waals surface area contributed by atoms with Gasteiger partial charge in [0, 0.05) is 24.5 Å². The van der Waals surface area contributed by atoms with Crippen LogP contribution in [0.2, 0.25) is 0 Å². The molecule has 2 atom stereocenters. The molecule has 1 aliphatic heterocycles. The molecule has 0 radical (unpaired) electrons. The van der Waals surface area contributed by atoms with Gasteiger partial charge in [0.1, 0.15) is 5.75 Å². The molecule has 124 valence electrons. The summed E-state index contributed by atoms with van der Waals surface area (Å²) < 4.78 is 5.34. The molecule has 0 amide bonds. The molecule has 3 aromatic rings. The van der Waals surface area contributed by atoms with Crippen molar-refractivity contribution < 1.29 is 9.84 Å². The van der Waals surface area contributed by atoms with Crippen LogP contribution in [0.4, 0.5) is 0 Å². The van der Waals surface area contributed by atoms with Gasteiger partial charge in [0.2, 0.25) is 0 Å². The van der Waals surface area contributed by atoms with Gasteiger partial charge in [0.05, 0.1) is 24.9 Å². The van der Waals surface area contributed by atoms with E-state index >= 15 is 0 Å². The third-order valence-corrected chi connectivity index (χ3v) is 4.75. The van der Waals surface area contributed by atoms with Gasteiger partial charge in [-0.1, -0.05) is 24.3 Å². The largest absolute Gasteiger partial charge is 0.497 e. The first-order valence-electron chi connectivity index (χ1n) is 8.21. The van der Waals surface area contributed by atoms with Gasteiger partial charge in [-0.2, -0.15) is 5.10 Å². The lowest BCUT2D eigenvalue weighted by Crippen LogP contribution is -2.24. The van der Waals surface area contributed by atoms with Crippen LogP contribution in [0.15, 0.2) is 48.7 Å². The molecule has 4 rings (SSSR count). The average molecular weight is 323 g/mol. The third-order valence-electron chi connectivity index (χ3n) is 4.75. The van der Waals surface area contributed by atoms with E-state index in [4.69, 9.17) is 4.74 Å². The molecule has 1 fully saturated rings. The van der Waals surface area contributed by atoms with Crippen molar-refractivity contribution in [1.29, 1.82) is 0 Å². The highest BCUT2D eigenvalue weighted by molar-refractivity contribution is 5.78. The van der Waals surface area contributed by atoms with Crippen LogP contribution in [0.1, 0.15) is 23.6 Å². The van der Waals surface area contributed by atoms with Gasteiger partial charge in [-0.3, -0.25) is 10.00 Å². The van der Waals surface area contributed by atoms with Gasteiger partial charge in [-0.25, -0.2) is 0 Å². The molecule has 1 aliphatic rings.